The summed E-state index contributed by atoms with van der Waals surface area (Å²) in [6.45, 7) is -0.438. The van der Waals surface area contributed by atoms with E-state index in [0.717, 1.165) is 36.4 Å². The van der Waals surface area contributed by atoms with E-state index in [9.17, 15) is 18.3 Å². The SMILES string of the molecule is NC(N)=Nc1ncc(Cl)c2ccc(S(=O)(=O)N(CC(=O)O)CC3CCCCC3)cc12. The fourth-order valence-corrected chi connectivity index (χ4v) is 5.46. The Balaban J connectivity index is 2.05. The Morgan fingerprint density at radius 3 is 2.57 bits per heavy atom. The molecule has 1 fully saturated rings. The number of nitrogens with zero attached hydrogens (tertiary/aromatic N) is 3. The zero-order valence-corrected chi connectivity index (χ0v) is 17.9. The first-order chi connectivity index (χ1) is 14.2. The van der Waals surface area contributed by atoms with Crippen LogP contribution in [0.15, 0.2) is 34.3 Å². The van der Waals surface area contributed by atoms with Crippen LogP contribution in [0.5, 0.6) is 0 Å². The monoisotopic (exact) mass is 453 g/mol. The number of aliphatic carboxylic acids is 1. The second kappa shape index (κ2) is 9.15. The van der Waals surface area contributed by atoms with Crippen LogP contribution in [0.2, 0.25) is 5.02 Å². The lowest BCUT2D eigenvalue weighted by Gasteiger charge is -2.28. The van der Waals surface area contributed by atoms with Gasteiger partial charge in [0.05, 0.1) is 9.92 Å². The third kappa shape index (κ3) is 5.00. The van der Waals surface area contributed by atoms with Crippen molar-refractivity contribution in [3.05, 3.63) is 29.4 Å². The first-order valence-corrected chi connectivity index (χ1v) is 11.4. The van der Waals surface area contributed by atoms with E-state index in [-0.39, 0.29) is 29.1 Å². The summed E-state index contributed by atoms with van der Waals surface area (Å²) < 4.78 is 27.7. The molecule has 0 atom stereocenters. The van der Waals surface area contributed by atoms with Crippen LogP contribution in [0.3, 0.4) is 0 Å². The summed E-state index contributed by atoms with van der Waals surface area (Å²) in [5, 5.41) is 10.5. The number of aliphatic imine (C=N–C) groups is 1. The molecular formula is C19H24ClN5O4S. The number of carbonyl (C=O) groups is 1. The van der Waals surface area contributed by atoms with Crippen LogP contribution in [-0.2, 0) is 14.8 Å². The first kappa shape index (κ1) is 22.3. The average molecular weight is 454 g/mol. The van der Waals surface area contributed by atoms with Gasteiger partial charge in [-0.05, 0) is 30.9 Å². The van der Waals surface area contributed by atoms with E-state index in [1.165, 1.54) is 24.4 Å². The van der Waals surface area contributed by atoms with E-state index in [0.29, 0.717) is 15.8 Å². The number of halogens is 1. The first-order valence-electron chi connectivity index (χ1n) is 9.58. The number of aromatic nitrogens is 1. The van der Waals surface area contributed by atoms with Crippen molar-refractivity contribution in [2.24, 2.45) is 22.4 Å². The fraction of sp³-hybridized carbons (Fsp3) is 0.421. The largest absolute Gasteiger partial charge is 0.480 e. The van der Waals surface area contributed by atoms with Gasteiger partial charge < -0.3 is 16.6 Å². The maximum Gasteiger partial charge on any atom is 0.318 e. The number of carboxylic acids is 1. The van der Waals surface area contributed by atoms with Gasteiger partial charge in [-0.25, -0.2) is 13.4 Å². The summed E-state index contributed by atoms with van der Waals surface area (Å²) in [6.07, 6.45) is 6.31. The van der Waals surface area contributed by atoms with Crippen LogP contribution in [0.1, 0.15) is 32.1 Å². The molecule has 0 bridgehead atoms. The fourth-order valence-electron chi connectivity index (χ4n) is 3.75. The molecule has 3 rings (SSSR count). The molecule has 5 N–H and O–H groups in total. The molecule has 2 aromatic rings. The molecule has 0 spiro atoms. The number of hydrogen-bond donors (Lipinski definition) is 3. The van der Waals surface area contributed by atoms with Gasteiger partial charge in [0, 0.05) is 23.5 Å². The lowest BCUT2D eigenvalue weighted by molar-refractivity contribution is -0.137. The summed E-state index contributed by atoms with van der Waals surface area (Å²) in [7, 11) is -4.07. The molecule has 0 radical (unpaired) electrons. The van der Waals surface area contributed by atoms with Crippen molar-refractivity contribution in [2.45, 2.75) is 37.0 Å². The molecule has 0 saturated heterocycles. The number of pyridine rings is 1. The molecular weight excluding hydrogens is 430 g/mol. The Kier molecular flexibility index (Phi) is 6.79. The zero-order chi connectivity index (χ0) is 21.9. The zero-order valence-electron chi connectivity index (χ0n) is 16.3. The van der Waals surface area contributed by atoms with Crippen molar-refractivity contribution in [1.82, 2.24) is 9.29 Å². The van der Waals surface area contributed by atoms with Gasteiger partial charge in [-0.1, -0.05) is 36.9 Å². The minimum absolute atomic E-state index is 0.0665. The second-order valence-electron chi connectivity index (χ2n) is 7.37. The van der Waals surface area contributed by atoms with E-state index in [4.69, 9.17) is 23.1 Å². The van der Waals surface area contributed by atoms with Crippen LogP contribution in [-0.4, -0.2) is 47.8 Å². The summed E-state index contributed by atoms with van der Waals surface area (Å²) >= 11 is 6.18. The maximum absolute atomic E-state index is 13.3. The molecule has 1 aliphatic rings. The third-order valence-corrected chi connectivity index (χ3v) is 7.27. The van der Waals surface area contributed by atoms with Crippen molar-refractivity contribution in [2.75, 3.05) is 13.1 Å². The van der Waals surface area contributed by atoms with E-state index in [1.54, 1.807) is 0 Å². The second-order valence-corrected chi connectivity index (χ2v) is 9.71. The highest BCUT2D eigenvalue weighted by atomic mass is 35.5. The highest BCUT2D eigenvalue weighted by Gasteiger charge is 2.30. The molecule has 1 heterocycles. The molecule has 11 heteroatoms. The third-order valence-electron chi connectivity index (χ3n) is 5.16. The number of guanidine groups is 1. The lowest BCUT2D eigenvalue weighted by Crippen LogP contribution is -2.39. The summed E-state index contributed by atoms with van der Waals surface area (Å²) in [4.78, 5) is 19.3. The van der Waals surface area contributed by atoms with Gasteiger partial charge in [0.1, 0.15) is 6.54 Å². The van der Waals surface area contributed by atoms with E-state index >= 15 is 0 Å². The molecule has 1 aromatic heterocycles. The molecule has 1 aliphatic carbocycles. The molecule has 9 nitrogen and oxygen atoms in total. The number of sulfonamides is 1. The van der Waals surface area contributed by atoms with Crippen molar-refractivity contribution in [3.8, 4) is 0 Å². The van der Waals surface area contributed by atoms with E-state index in [2.05, 4.69) is 9.98 Å². The highest BCUT2D eigenvalue weighted by molar-refractivity contribution is 7.89. The van der Waals surface area contributed by atoms with Crippen molar-refractivity contribution >= 4 is 50.1 Å². The summed E-state index contributed by atoms with van der Waals surface area (Å²) in [5.41, 5.74) is 10.9. The molecule has 0 amide bonds. The number of hydrogen-bond acceptors (Lipinski definition) is 5. The predicted octanol–water partition coefficient (Wildman–Crippen LogP) is 2.45. The van der Waals surface area contributed by atoms with Gasteiger partial charge >= 0.3 is 5.97 Å². The highest BCUT2D eigenvalue weighted by Crippen LogP contribution is 2.33. The number of nitrogens with two attached hydrogens (primary N) is 2. The van der Waals surface area contributed by atoms with Crippen molar-refractivity contribution in [1.29, 1.82) is 0 Å². The minimum Gasteiger partial charge on any atom is -0.480 e. The van der Waals surface area contributed by atoms with Gasteiger partial charge in [0.25, 0.3) is 0 Å². The van der Waals surface area contributed by atoms with Crippen LogP contribution < -0.4 is 11.5 Å². The molecule has 1 aromatic carbocycles. The van der Waals surface area contributed by atoms with Crippen LogP contribution in [0, 0.1) is 5.92 Å². The van der Waals surface area contributed by atoms with E-state index in [1.807, 2.05) is 0 Å². The standard InChI is InChI=1S/C19H24ClN5O4S/c20-16-9-23-18(24-19(21)22)15-8-13(6-7-14(15)16)30(28,29)25(11-17(26)27)10-12-4-2-1-3-5-12/h6-9,12H,1-5,10-11H2,(H,26,27)(H4,21,22,23,24). The lowest BCUT2D eigenvalue weighted by atomic mass is 9.89. The van der Waals surface area contributed by atoms with Crippen LogP contribution >= 0.6 is 11.6 Å². The molecule has 0 aliphatic heterocycles. The smallest absolute Gasteiger partial charge is 0.318 e. The maximum atomic E-state index is 13.3. The quantitative estimate of drug-likeness (QED) is 0.430. The number of carboxylic acid groups (broad SMARTS) is 1. The van der Waals surface area contributed by atoms with Gasteiger partial charge in [0.15, 0.2) is 11.8 Å². The van der Waals surface area contributed by atoms with Crippen molar-refractivity contribution < 1.29 is 18.3 Å². The Hall–Kier alpha value is -2.43. The predicted molar refractivity (Wildman–Crippen MR) is 115 cm³/mol. The Bertz CT molecular complexity index is 1080. The number of benzene rings is 1. The molecule has 0 unspecified atom stereocenters. The minimum atomic E-state index is -4.07. The Labute approximate surface area is 179 Å². The van der Waals surface area contributed by atoms with Gasteiger partial charge in [-0.15, -0.1) is 0 Å². The van der Waals surface area contributed by atoms with Gasteiger partial charge in [-0.3, -0.25) is 4.79 Å². The van der Waals surface area contributed by atoms with Gasteiger partial charge in [0.2, 0.25) is 10.0 Å². The molecule has 1 saturated carbocycles. The number of fused-ring (bicyclic) bond motifs is 1. The molecule has 162 valence electrons. The Morgan fingerprint density at radius 2 is 1.93 bits per heavy atom. The average Bonchev–Trinajstić information content (AvgIpc) is 2.69. The number of rotatable bonds is 7. The van der Waals surface area contributed by atoms with Gasteiger partial charge in [-0.2, -0.15) is 9.30 Å². The normalized spacial score (nSPS) is 15.4. The topological polar surface area (TPSA) is 152 Å². The summed E-state index contributed by atoms with van der Waals surface area (Å²) in [5.74, 6) is -1.17. The van der Waals surface area contributed by atoms with E-state index < -0.39 is 22.5 Å². The van der Waals surface area contributed by atoms with Crippen molar-refractivity contribution in [3.63, 3.8) is 0 Å². The molecule has 30 heavy (non-hydrogen) atoms. The Morgan fingerprint density at radius 1 is 1.23 bits per heavy atom. The van der Waals surface area contributed by atoms with Crippen LogP contribution in [0.4, 0.5) is 5.82 Å². The summed E-state index contributed by atoms with van der Waals surface area (Å²) in [6, 6.07) is 4.32. The van der Waals surface area contributed by atoms with Crippen LogP contribution in [0.25, 0.3) is 10.8 Å².